The van der Waals surface area contributed by atoms with Crippen LogP contribution in [-0.4, -0.2) is 38.8 Å². The fourth-order valence-electron chi connectivity index (χ4n) is 3.54. The summed E-state index contributed by atoms with van der Waals surface area (Å²) < 4.78 is 7.83. The van der Waals surface area contributed by atoms with Crippen LogP contribution in [0.3, 0.4) is 0 Å². The number of hydrogen-bond acceptors (Lipinski definition) is 5. The molecule has 1 N–H and O–H groups in total. The van der Waals surface area contributed by atoms with Gasteiger partial charge in [0.1, 0.15) is 11.6 Å². The van der Waals surface area contributed by atoms with Crippen LogP contribution in [0.2, 0.25) is 0 Å². The second kappa shape index (κ2) is 7.21. The first kappa shape index (κ1) is 16.7. The van der Waals surface area contributed by atoms with Gasteiger partial charge in [0.05, 0.1) is 16.8 Å². The van der Waals surface area contributed by atoms with Crippen LogP contribution in [0.4, 0.5) is 0 Å². The molecule has 0 aliphatic carbocycles. The van der Waals surface area contributed by atoms with Crippen LogP contribution < -0.4 is 5.32 Å². The van der Waals surface area contributed by atoms with Crippen LogP contribution in [0.5, 0.6) is 0 Å². The van der Waals surface area contributed by atoms with E-state index >= 15 is 0 Å². The van der Waals surface area contributed by atoms with Gasteiger partial charge in [0.25, 0.3) is 5.91 Å². The summed E-state index contributed by atoms with van der Waals surface area (Å²) in [7, 11) is 1.91. The maximum Gasteiger partial charge on any atom is 0.253 e. The summed E-state index contributed by atoms with van der Waals surface area (Å²) in [5.74, 6) is 0.0783. The molecule has 134 valence electrons. The number of fused-ring (bicyclic) bond motifs is 1. The molecule has 2 atom stereocenters. The zero-order valence-electron chi connectivity index (χ0n) is 14.6. The Morgan fingerprint density at radius 3 is 3.00 bits per heavy atom. The van der Waals surface area contributed by atoms with Crippen molar-refractivity contribution in [1.82, 2.24) is 25.1 Å². The zero-order chi connectivity index (χ0) is 17.9. The molecule has 0 saturated carbocycles. The molecule has 26 heavy (non-hydrogen) atoms. The van der Waals surface area contributed by atoms with Crippen molar-refractivity contribution in [1.29, 1.82) is 0 Å². The molecular formula is C19H21N5O2. The first-order valence-electron chi connectivity index (χ1n) is 8.81. The van der Waals surface area contributed by atoms with Gasteiger partial charge in [0, 0.05) is 44.7 Å². The smallest absolute Gasteiger partial charge is 0.253 e. The van der Waals surface area contributed by atoms with E-state index in [0.29, 0.717) is 23.1 Å². The molecule has 7 nitrogen and oxygen atoms in total. The predicted octanol–water partition coefficient (Wildman–Crippen LogP) is 2.26. The third-order valence-corrected chi connectivity index (χ3v) is 4.86. The number of aromatic nitrogens is 4. The molecule has 1 fully saturated rings. The van der Waals surface area contributed by atoms with Crippen LogP contribution in [-0.2, 0) is 11.8 Å². The second-order valence-electron chi connectivity index (χ2n) is 6.51. The Labute approximate surface area is 151 Å². The quantitative estimate of drug-likeness (QED) is 0.780. The SMILES string of the molecule is Cn1nccc1[C@@H]1OCCC[C@H]1CNC(=O)c1cccc2nccnc12. The Kier molecular flexibility index (Phi) is 4.62. The van der Waals surface area contributed by atoms with Gasteiger partial charge in [-0.2, -0.15) is 5.10 Å². The number of para-hydroxylation sites is 1. The summed E-state index contributed by atoms with van der Waals surface area (Å²) >= 11 is 0. The third kappa shape index (κ3) is 3.17. The topological polar surface area (TPSA) is 81.9 Å². The molecule has 0 spiro atoms. The molecule has 0 unspecified atom stereocenters. The fourth-order valence-corrected chi connectivity index (χ4v) is 3.54. The molecular weight excluding hydrogens is 330 g/mol. The van der Waals surface area contributed by atoms with Crippen molar-refractivity contribution >= 4 is 16.9 Å². The highest BCUT2D eigenvalue weighted by molar-refractivity contribution is 6.04. The van der Waals surface area contributed by atoms with Gasteiger partial charge in [-0.1, -0.05) is 6.07 Å². The maximum absolute atomic E-state index is 12.7. The first-order chi connectivity index (χ1) is 12.7. The van der Waals surface area contributed by atoms with Gasteiger partial charge in [-0.3, -0.25) is 19.4 Å². The normalized spacial score (nSPS) is 20.2. The minimum atomic E-state index is -0.134. The molecule has 0 radical (unpaired) electrons. The lowest BCUT2D eigenvalue weighted by molar-refractivity contribution is -0.0317. The summed E-state index contributed by atoms with van der Waals surface area (Å²) in [6.45, 7) is 1.28. The van der Waals surface area contributed by atoms with Gasteiger partial charge < -0.3 is 10.1 Å². The Bertz CT molecular complexity index is 918. The molecule has 3 aromatic rings. The van der Waals surface area contributed by atoms with Crippen molar-refractivity contribution in [2.24, 2.45) is 13.0 Å². The molecule has 4 rings (SSSR count). The predicted molar refractivity (Wildman–Crippen MR) is 96.5 cm³/mol. The molecule has 0 bridgehead atoms. The summed E-state index contributed by atoms with van der Waals surface area (Å²) in [5, 5.41) is 7.29. The Morgan fingerprint density at radius 1 is 1.27 bits per heavy atom. The molecule has 1 saturated heterocycles. The van der Waals surface area contributed by atoms with Gasteiger partial charge in [0.15, 0.2) is 0 Å². The fraction of sp³-hybridized carbons (Fsp3) is 0.368. The number of amides is 1. The third-order valence-electron chi connectivity index (χ3n) is 4.86. The summed E-state index contributed by atoms with van der Waals surface area (Å²) in [4.78, 5) is 21.3. The van der Waals surface area contributed by atoms with Crippen LogP contribution >= 0.6 is 0 Å². The van der Waals surface area contributed by atoms with E-state index in [9.17, 15) is 4.79 Å². The largest absolute Gasteiger partial charge is 0.372 e. The van der Waals surface area contributed by atoms with Gasteiger partial charge in [-0.25, -0.2) is 0 Å². The number of nitrogens with one attached hydrogen (secondary N) is 1. The van der Waals surface area contributed by atoms with E-state index in [0.717, 1.165) is 25.1 Å². The molecule has 1 aromatic carbocycles. The van der Waals surface area contributed by atoms with E-state index in [1.165, 1.54) is 0 Å². The molecule has 1 aliphatic rings. The van der Waals surface area contributed by atoms with Crippen molar-refractivity contribution in [3.05, 3.63) is 54.1 Å². The van der Waals surface area contributed by atoms with Crippen molar-refractivity contribution < 1.29 is 9.53 Å². The van der Waals surface area contributed by atoms with Crippen LogP contribution in [0.25, 0.3) is 11.0 Å². The number of carbonyl (C=O) groups excluding carboxylic acids is 1. The number of carbonyl (C=O) groups is 1. The highest BCUT2D eigenvalue weighted by Crippen LogP contribution is 2.32. The van der Waals surface area contributed by atoms with E-state index in [-0.39, 0.29) is 17.9 Å². The number of hydrogen-bond donors (Lipinski definition) is 1. The number of ether oxygens (including phenoxy) is 1. The van der Waals surface area contributed by atoms with E-state index in [4.69, 9.17) is 4.74 Å². The van der Waals surface area contributed by atoms with Gasteiger partial charge in [-0.15, -0.1) is 0 Å². The Morgan fingerprint density at radius 2 is 2.15 bits per heavy atom. The lowest BCUT2D eigenvalue weighted by Crippen LogP contribution is -2.35. The molecule has 2 aromatic heterocycles. The summed E-state index contributed by atoms with van der Waals surface area (Å²) in [5.41, 5.74) is 2.92. The summed E-state index contributed by atoms with van der Waals surface area (Å²) in [6.07, 6.45) is 6.95. The standard InChI is InChI=1S/C19H21N5O2/c1-24-16(7-8-23-24)18-13(4-3-11-26-18)12-22-19(25)14-5-2-6-15-17(14)21-10-9-20-15/h2,5-10,13,18H,3-4,11-12H2,1H3,(H,22,25)/t13-,18+/m0/s1. The van der Waals surface area contributed by atoms with Gasteiger partial charge >= 0.3 is 0 Å². The monoisotopic (exact) mass is 351 g/mol. The minimum absolute atomic E-state index is 0.0520. The van der Waals surface area contributed by atoms with Crippen molar-refractivity contribution in [3.8, 4) is 0 Å². The number of benzene rings is 1. The molecule has 1 aliphatic heterocycles. The Hall–Kier alpha value is -2.80. The van der Waals surface area contributed by atoms with E-state index in [1.807, 2.05) is 29.9 Å². The zero-order valence-corrected chi connectivity index (χ0v) is 14.6. The number of aryl methyl sites for hydroxylation is 1. The average molecular weight is 351 g/mol. The van der Waals surface area contributed by atoms with E-state index in [1.54, 1.807) is 24.7 Å². The number of nitrogens with zero attached hydrogens (tertiary/aromatic N) is 4. The van der Waals surface area contributed by atoms with E-state index in [2.05, 4.69) is 20.4 Å². The first-order valence-corrected chi connectivity index (χ1v) is 8.81. The Balaban J connectivity index is 1.50. The van der Waals surface area contributed by atoms with Crippen molar-refractivity contribution in [2.45, 2.75) is 18.9 Å². The second-order valence-corrected chi connectivity index (χ2v) is 6.51. The summed E-state index contributed by atoms with van der Waals surface area (Å²) in [6, 6.07) is 7.44. The van der Waals surface area contributed by atoms with Crippen LogP contribution in [0.15, 0.2) is 42.9 Å². The molecule has 3 heterocycles. The molecule has 7 heteroatoms. The number of rotatable bonds is 4. The van der Waals surface area contributed by atoms with E-state index < -0.39 is 0 Å². The van der Waals surface area contributed by atoms with Crippen molar-refractivity contribution in [2.75, 3.05) is 13.2 Å². The van der Waals surface area contributed by atoms with Crippen molar-refractivity contribution in [3.63, 3.8) is 0 Å². The maximum atomic E-state index is 12.7. The average Bonchev–Trinajstić information content (AvgIpc) is 3.11. The van der Waals surface area contributed by atoms with Crippen LogP contribution in [0.1, 0.15) is 35.0 Å². The lowest BCUT2D eigenvalue weighted by Gasteiger charge is -2.32. The minimum Gasteiger partial charge on any atom is -0.372 e. The molecule has 1 amide bonds. The van der Waals surface area contributed by atoms with Gasteiger partial charge in [-0.05, 0) is 31.0 Å². The highest BCUT2D eigenvalue weighted by Gasteiger charge is 2.30. The van der Waals surface area contributed by atoms with Gasteiger partial charge in [0.2, 0.25) is 0 Å². The van der Waals surface area contributed by atoms with Crippen LogP contribution in [0, 0.1) is 5.92 Å². The lowest BCUT2D eigenvalue weighted by atomic mass is 9.92. The highest BCUT2D eigenvalue weighted by atomic mass is 16.5.